The monoisotopic (exact) mass is 794 g/mol. The van der Waals surface area contributed by atoms with Crippen LogP contribution in [0.15, 0.2) is 100 Å². The molecule has 7 rings (SSSR count). The minimum Gasteiger partial charge on any atom is -0.502 e. The summed E-state index contributed by atoms with van der Waals surface area (Å²) in [4.78, 5) is 32.5. The molecule has 4 heterocycles. The van der Waals surface area contributed by atoms with Crippen LogP contribution in [0.5, 0.6) is 11.5 Å². The van der Waals surface area contributed by atoms with E-state index in [-0.39, 0.29) is 47.2 Å². The molecular weight excluding hydrogens is 767 g/mol. The van der Waals surface area contributed by atoms with E-state index in [2.05, 4.69) is 32.1 Å². The number of hydrogen-bond donors (Lipinski definition) is 2. The van der Waals surface area contributed by atoms with Gasteiger partial charge in [0.05, 0.1) is 24.0 Å². The van der Waals surface area contributed by atoms with E-state index in [4.69, 9.17) is 18.5 Å². The van der Waals surface area contributed by atoms with E-state index in [0.29, 0.717) is 25.9 Å². The highest BCUT2D eigenvalue weighted by atomic mass is 127. The van der Waals surface area contributed by atoms with Gasteiger partial charge in [0.1, 0.15) is 20.8 Å². The summed E-state index contributed by atoms with van der Waals surface area (Å²) >= 11 is 1.98. The van der Waals surface area contributed by atoms with Gasteiger partial charge in [-0.1, -0.05) is 95.1 Å². The lowest BCUT2D eigenvalue weighted by Crippen LogP contribution is -2.08. The number of aromatic hydroxyl groups is 2. The fourth-order valence-electron chi connectivity index (χ4n) is 4.97. The highest BCUT2D eigenvalue weighted by molar-refractivity contribution is 14.1. The second-order valence-electron chi connectivity index (χ2n) is 10.5. The number of halogens is 1. The van der Waals surface area contributed by atoms with E-state index in [9.17, 15) is 19.8 Å². The van der Waals surface area contributed by atoms with Crippen LogP contribution in [-0.4, -0.2) is 55.6 Å². The van der Waals surface area contributed by atoms with Crippen LogP contribution in [-0.2, 0) is 9.47 Å². The van der Waals surface area contributed by atoms with E-state index in [1.807, 2.05) is 114 Å². The van der Waals surface area contributed by atoms with Gasteiger partial charge in [0.25, 0.3) is 0 Å². The summed E-state index contributed by atoms with van der Waals surface area (Å²) in [5, 5.41) is 29.9. The minimum atomic E-state index is -0.757. The van der Waals surface area contributed by atoms with Gasteiger partial charge in [-0.05, 0) is 54.5 Å². The SMILES string of the molecule is CCOC(=O)c1nc(C#Cc2ccccc2)c2c(-c3ccccc3)noc2c1O.CCOC(=O)c1nc(I)c2c(-c3ccccc3)noc2c1O. The average molecular weight is 795 g/mol. The lowest BCUT2D eigenvalue weighted by atomic mass is 10.1. The Bertz CT molecular complexity index is 2420. The summed E-state index contributed by atoms with van der Waals surface area (Å²) in [7, 11) is 0. The first-order valence-electron chi connectivity index (χ1n) is 15.5. The van der Waals surface area contributed by atoms with Crippen LogP contribution in [0, 0.1) is 15.5 Å². The van der Waals surface area contributed by atoms with Crippen molar-refractivity contribution in [2.75, 3.05) is 13.2 Å². The molecule has 0 bridgehead atoms. The van der Waals surface area contributed by atoms with E-state index in [1.54, 1.807) is 13.8 Å². The first-order valence-corrected chi connectivity index (χ1v) is 16.6. The molecule has 0 spiro atoms. The van der Waals surface area contributed by atoms with E-state index >= 15 is 0 Å². The maximum atomic E-state index is 12.3. The molecule has 0 amide bonds. The Balaban J connectivity index is 0.000000183. The third-order valence-electron chi connectivity index (χ3n) is 7.27. The first kappa shape index (κ1) is 34.6. The summed E-state index contributed by atoms with van der Waals surface area (Å²) in [6.07, 6.45) is 0. The molecule has 0 radical (unpaired) electrons. The quantitative estimate of drug-likeness (QED) is 0.0735. The van der Waals surface area contributed by atoms with Crippen molar-refractivity contribution < 1.29 is 38.3 Å². The molecule has 0 aliphatic heterocycles. The van der Waals surface area contributed by atoms with E-state index in [0.717, 1.165) is 16.7 Å². The zero-order valence-corrected chi connectivity index (χ0v) is 29.2. The molecule has 12 nitrogen and oxygen atoms in total. The number of aromatic nitrogens is 4. The van der Waals surface area contributed by atoms with Crippen LogP contribution in [0.2, 0.25) is 0 Å². The fourth-order valence-corrected chi connectivity index (χ4v) is 5.71. The average Bonchev–Trinajstić information content (AvgIpc) is 3.82. The number of hydrogen-bond acceptors (Lipinski definition) is 12. The molecule has 13 heteroatoms. The van der Waals surface area contributed by atoms with Gasteiger partial charge in [-0.25, -0.2) is 19.6 Å². The largest absolute Gasteiger partial charge is 0.502 e. The molecule has 7 aromatic rings. The molecular formula is C38H27IN4O8. The van der Waals surface area contributed by atoms with Crippen molar-refractivity contribution in [3.63, 3.8) is 0 Å². The number of ether oxygens (including phenoxy) is 2. The summed E-state index contributed by atoms with van der Waals surface area (Å²) in [5.74, 6) is 3.78. The predicted molar refractivity (Wildman–Crippen MR) is 195 cm³/mol. The van der Waals surface area contributed by atoms with Crippen molar-refractivity contribution in [2.45, 2.75) is 13.8 Å². The molecule has 0 unspecified atom stereocenters. The summed E-state index contributed by atoms with van der Waals surface area (Å²) in [5.41, 5.74) is 3.45. The van der Waals surface area contributed by atoms with Crippen LogP contribution in [0.1, 0.15) is 46.1 Å². The molecule has 0 saturated heterocycles. The minimum absolute atomic E-state index is 0.0410. The standard InChI is InChI=1S/C23H16N2O4.C15H11IN2O4/c1-2-28-23(27)20-21(26)22-18(19(25-29-22)16-11-7-4-8-12-16)17(24-20)14-13-15-9-5-3-6-10-15;1-2-21-15(20)11-12(19)13-9(14(16)17-11)10(18-22-13)8-6-4-3-5-7-8/h3-12,26H,2H2,1H3;3-7,19H,2H2,1H3. The number of pyridine rings is 2. The maximum Gasteiger partial charge on any atom is 0.361 e. The number of esters is 2. The smallest absolute Gasteiger partial charge is 0.361 e. The number of rotatable bonds is 6. The Labute approximate surface area is 304 Å². The Morgan fingerprint density at radius 1 is 0.667 bits per heavy atom. The van der Waals surface area contributed by atoms with Crippen molar-refractivity contribution in [3.8, 4) is 45.9 Å². The van der Waals surface area contributed by atoms with Gasteiger partial charge in [-0.2, -0.15) is 0 Å². The fraction of sp³-hybridized carbons (Fsp3) is 0.105. The Morgan fingerprint density at radius 3 is 1.63 bits per heavy atom. The summed E-state index contributed by atoms with van der Waals surface area (Å²) in [6.45, 7) is 3.70. The van der Waals surface area contributed by atoms with Crippen LogP contribution < -0.4 is 0 Å². The number of carbonyl (C=O) groups is 2. The second kappa shape index (κ2) is 15.5. The van der Waals surface area contributed by atoms with Crippen LogP contribution in [0.4, 0.5) is 0 Å². The Kier molecular flexibility index (Phi) is 10.5. The van der Waals surface area contributed by atoms with Crippen LogP contribution in [0.3, 0.4) is 0 Å². The number of nitrogens with zero attached hydrogens (tertiary/aromatic N) is 4. The van der Waals surface area contributed by atoms with Gasteiger partial charge in [-0.3, -0.25) is 0 Å². The first-order chi connectivity index (χ1) is 24.8. The number of benzene rings is 3. The highest BCUT2D eigenvalue weighted by Crippen LogP contribution is 2.38. The number of fused-ring (bicyclic) bond motifs is 2. The lowest BCUT2D eigenvalue weighted by Gasteiger charge is -2.05. The van der Waals surface area contributed by atoms with Gasteiger partial charge in [0, 0.05) is 16.7 Å². The molecule has 0 atom stereocenters. The normalized spacial score (nSPS) is 10.6. The predicted octanol–water partition coefficient (Wildman–Crippen LogP) is 7.55. The Hall–Kier alpha value is -6.27. The van der Waals surface area contributed by atoms with Crippen molar-refractivity contribution in [1.82, 2.24) is 20.3 Å². The Morgan fingerprint density at radius 2 is 1.12 bits per heavy atom. The molecule has 0 aliphatic carbocycles. The third kappa shape index (κ3) is 7.22. The molecule has 2 N–H and O–H groups in total. The lowest BCUT2D eigenvalue weighted by molar-refractivity contribution is 0.0506. The van der Waals surface area contributed by atoms with Gasteiger partial charge >= 0.3 is 11.9 Å². The summed E-state index contributed by atoms with van der Waals surface area (Å²) < 4.78 is 21.0. The molecule has 254 valence electrons. The van der Waals surface area contributed by atoms with E-state index in [1.165, 1.54) is 0 Å². The van der Waals surface area contributed by atoms with E-state index < -0.39 is 17.7 Å². The molecule has 51 heavy (non-hydrogen) atoms. The zero-order chi connectivity index (χ0) is 35.9. The zero-order valence-electron chi connectivity index (χ0n) is 27.1. The third-order valence-corrected chi connectivity index (χ3v) is 8.05. The maximum absolute atomic E-state index is 12.3. The van der Waals surface area contributed by atoms with Crippen molar-refractivity contribution >= 4 is 56.5 Å². The summed E-state index contributed by atoms with van der Waals surface area (Å²) in [6, 6.07) is 28.1. The highest BCUT2D eigenvalue weighted by Gasteiger charge is 2.27. The van der Waals surface area contributed by atoms with Crippen LogP contribution in [0.25, 0.3) is 44.5 Å². The molecule has 4 aromatic heterocycles. The van der Waals surface area contributed by atoms with Gasteiger partial charge in [-0.15, -0.1) is 0 Å². The van der Waals surface area contributed by atoms with Gasteiger partial charge < -0.3 is 28.7 Å². The molecule has 0 fully saturated rings. The van der Waals surface area contributed by atoms with Crippen molar-refractivity contribution in [1.29, 1.82) is 0 Å². The topological polar surface area (TPSA) is 171 Å². The molecule has 0 aliphatic rings. The van der Waals surface area contributed by atoms with Crippen molar-refractivity contribution in [3.05, 3.63) is 117 Å². The van der Waals surface area contributed by atoms with Gasteiger partial charge in [0.2, 0.25) is 11.2 Å². The van der Waals surface area contributed by atoms with Crippen LogP contribution >= 0.6 is 22.6 Å². The second-order valence-corrected chi connectivity index (χ2v) is 11.5. The van der Waals surface area contributed by atoms with Gasteiger partial charge in [0.15, 0.2) is 22.9 Å². The van der Waals surface area contributed by atoms with Crippen molar-refractivity contribution in [2.24, 2.45) is 0 Å². The number of carbonyl (C=O) groups excluding carboxylic acids is 2. The molecule has 0 saturated carbocycles. The molecule has 3 aromatic carbocycles.